The van der Waals surface area contributed by atoms with Crippen LogP contribution in [0.5, 0.6) is 17.2 Å². The highest BCUT2D eigenvalue weighted by atomic mass is 79.9. The third-order valence-electron chi connectivity index (χ3n) is 12.1. The fourth-order valence-electron chi connectivity index (χ4n) is 8.10. The van der Waals surface area contributed by atoms with Crippen LogP contribution in [-0.4, -0.2) is 55.2 Å². The van der Waals surface area contributed by atoms with Crippen molar-refractivity contribution in [1.29, 1.82) is 0 Å². The largest absolute Gasteiger partial charge is 0.507 e. The predicted octanol–water partition coefficient (Wildman–Crippen LogP) is 18.8. The number of rotatable bonds is 15. The molecule has 0 saturated carbocycles. The summed E-state index contributed by atoms with van der Waals surface area (Å²) in [6.07, 6.45) is 1.05. The van der Waals surface area contributed by atoms with Crippen LogP contribution in [0.4, 0.5) is 26.3 Å². The number of aliphatic hydroxyl groups excluding tert-OH is 1. The maximum atomic E-state index is 13.2. The number of phenols is 1. The number of benzene rings is 7. The molecule has 0 aliphatic heterocycles. The summed E-state index contributed by atoms with van der Waals surface area (Å²) in [7, 11) is 0. The Balaban J connectivity index is 0.000000294. The van der Waals surface area contributed by atoms with Crippen molar-refractivity contribution >= 4 is 89.6 Å². The van der Waals surface area contributed by atoms with Gasteiger partial charge in [-0.15, -0.1) is 0 Å². The Labute approximate surface area is 534 Å². The molecule has 0 atom stereocenters. The zero-order chi connectivity index (χ0) is 63.3. The van der Waals surface area contributed by atoms with Gasteiger partial charge in [-0.2, -0.15) is 0 Å². The van der Waals surface area contributed by atoms with Crippen LogP contribution in [0.1, 0.15) is 97.7 Å². The first-order valence-electron chi connectivity index (χ1n) is 26.5. The molecule has 5 heterocycles. The lowest BCUT2D eigenvalue weighted by molar-refractivity contribution is -0.152. The number of carbonyl (C=O) groups is 3. The van der Waals surface area contributed by atoms with E-state index in [4.69, 9.17) is 51.2 Å². The van der Waals surface area contributed by atoms with Gasteiger partial charge in [0.1, 0.15) is 117 Å². The molecule has 0 spiro atoms. The average molecular weight is 1340 g/mol. The van der Waals surface area contributed by atoms with Crippen LogP contribution in [0.3, 0.4) is 0 Å². The second-order valence-electron chi connectivity index (χ2n) is 18.4. The van der Waals surface area contributed by atoms with Crippen LogP contribution in [0, 0.1) is 41.8 Å². The molecule has 12 rings (SSSR count). The minimum absolute atomic E-state index is 0. The average Bonchev–Trinajstić information content (AvgIpc) is 1.01. The third-order valence-corrected chi connectivity index (χ3v) is 12.6. The first-order valence-corrected chi connectivity index (χ1v) is 27.6. The van der Waals surface area contributed by atoms with E-state index in [1.54, 1.807) is 42.5 Å². The molecule has 488 valence electrons. The number of aromatic hydroxyl groups is 1. The number of halogens is 7. The Bertz CT molecular complexity index is 4270. The molecule has 0 saturated heterocycles. The number of furan rings is 4. The SMILES string of the molecule is C.C.C.C.CCOC(COc1ccc(F)cc1C=O)OCC.Cc1cc(=O)oc2cc(OCc3cc4cc(F)ccc4o3)ccc12.Fc1ccc2oc(CBr)cc2c1.O=Cc1cc(F)ccc1O.O=Cc1cc2cc(F)ccc2o1.OCc1cc2cc(F)ccc2o1. The maximum Gasteiger partial charge on any atom is 0.336 e. The van der Waals surface area contributed by atoms with Gasteiger partial charge in [0.2, 0.25) is 0 Å². The molecule has 0 amide bonds. The quantitative estimate of drug-likeness (QED) is 0.0321. The molecule has 0 aliphatic rings. The van der Waals surface area contributed by atoms with Crippen LogP contribution in [0.2, 0.25) is 0 Å². The van der Waals surface area contributed by atoms with Gasteiger partial charge in [0.05, 0.1) is 16.5 Å². The van der Waals surface area contributed by atoms with Crippen LogP contribution < -0.4 is 15.1 Å². The Hall–Kier alpha value is -9.74. The number of ether oxygens (including phenoxy) is 4. The van der Waals surface area contributed by atoms with Gasteiger partial charge in [-0.25, -0.2) is 31.1 Å². The van der Waals surface area contributed by atoms with Gasteiger partial charge in [-0.3, -0.25) is 14.4 Å². The second kappa shape index (κ2) is 37.4. The minimum atomic E-state index is -0.528. The number of aryl methyl sites for hydroxylation is 1. The molecule has 12 aromatic rings. The molecule has 7 aromatic carbocycles. The number of aldehydes is 3. The van der Waals surface area contributed by atoms with Gasteiger partial charge < -0.3 is 51.2 Å². The molecular formula is C70H69BrF6O15. The molecule has 0 bridgehead atoms. The minimum Gasteiger partial charge on any atom is -0.507 e. The number of hydrogen-bond acceptors (Lipinski definition) is 15. The highest BCUT2D eigenvalue weighted by Gasteiger charge is 2.13. The van der Waals surface area contributed by atoms with Crippen LogP contribution >= 0.6 is 15.9 Å². The highest BCUT2D eigenvalue weighted by Crippen LogP contribution is 2.27. The second-order valence-corrected chi connectivity index (χ2v) is 19.0. The standard InChI is InChI=1S/C19H13FO4.C13H17FO4.C9H6BrFO.C9H7FO2.C9H5FO2.C7H5FO2.4CH4/c1-11-6-19(21)24-18-9-14(3-4-16(11)18)22-10-15-8-12-7-13(20)2-5-17(12)23-15;1-3-16-13(17-4-2)9-18-12-6-5-11(14)7-10(12)8-15;10-5-8-4-6-3-7(11)1-2-9(6)12-8;2*10-7-1-2-9-6(3-7)4-8(5-11)12-9;8-6-1-2-7(10)5(3-6)4-9;;;;/h2-9H,10H2,1H3;5-8,13H,3-4,9H2,1-2H3;1-4H,5H2;1-4,11H,5H2;1-5H;1-4,10H;4*1H4. The first kappa shape index (κ1) is 76.5. The van der Waals surface area contributed by atoms with Gasteiger partial charge >= 0.3 is 5.63 Å². The third kappa shape index (κ3) is 22.0. The van der Waals surface area contributed by atoms with Gasteiger partial charge in [-0.05, 0) is 172 Å². The van der Waals surface area contributed by atoms with E-state index in [9.17, 15) is 45.5 Å². The van der Waals surface area contributed by atoms with E-state index in [0.717, 1.165) is 51.9 Å². The molecule has 2 N–H and O–H groups in total. The van der Waals surface area contributed by atoms with Crippen molar-refractivity contribution in [3.05, 3.63) is 243 Å². The number of carbonyl (C=O) groups excluding carboxylic acids is 3. The van der Waals surface area contributed by atoms with Crippen molar-refractivity contribution in [2.75, 3.05) is 19.8 Å². The van der Waals surface area contributed by atoms with Gasteiger partial charge in [0.25, 0.3) is 0 Å². The summed E-state index contributed by atoms with van der Waals surface area (Å²) in [5.74, 6) is 0.572. The molecular weight excluding hydrogens is 1270 g/mol. The Morgan fingerprint density at radius 2 is 0.946 bits per heavy atom. The van der Waals surface area contributed by atoms with Crippen molar-refractivity contribution in [1.82, 2.24) is 0 Å². The van der Waals surface area contributed by atoms with Crippen molar-refractivity contribution < 1.29 is 92.0 Å². The number of hydrogen-bond donors (Lipinski definition) is 2. The fourth-order valence-corrected chi connectivity index (χ4v) is 8.38. The monoisotopic (exact) mass is 1340 g/mol. The first-order chi connectivity index (χ1) is 42.4. The molecule has 15 nitrogen and oxygen atoms in total. The summed E-state index contributed by atoms with van der Waals surface area (Å²) in [5, 5.41) is 21.9. The van der Waals surface area contributed by atoms with Crippen molar-refractivity contribution in [2.24, 2.45) is 0 Å². The van der Waals surface area contributed by atoms with Crippen molar-refractivity contribution in [3.8, 4) is 17.2 Å². The van der Waals surface area contributed by atoms with E-state index < -0.39 is 23.6 Å². The van der Waals surface area contributed by atoms with Crippen LogP contribution in [0.25, 0.3) is 54.8 Å². The zero-order valence-electron chi connectivity index (χ0n) is 46.9. The summed E-state index contributed by atoms with van der Waals surface area (Å²) in [4.78, 5) is 42.6. The summed E-state index contributed by atoms with van der Waals surface area (Å²) in [5.41, 5.74) is 3.54. The molecule has 0 unspecified atom stereocenters. The summed E-state index contributed by atoms with van der Waals surface area (Å²) in [6.45, 7) is 6.73. The summed E-state index contributed by atoms with van der Waals surface area (Å²) in [6, 6.07) is 37.6. The van der Waals surface area contributed by atoms with E-state index in [1.165, 1.54) is 78.9 Å². The van der Waals surface area contributed by atoms with Gasteiger partial charge in [-0.1, -0.05) is 45.6 Å². The number of aliphatic hydroxyl groups is 1. The molecule has 0 radical (unpaired) electrons. The summed E-state index contributed by atoms with van der Waals surface area (Å²) < 4.78 is 124. The van der Waals surface area contributed by atoms with E-state index in [1.807, 2.05) is 32.9 Å². The van der Waals surface area contributed by atoms with Gasteiger partial charge in [0.15, 0.2) is 30.9 Å². The van der Waals surface area contributed by atoms with E-state index in [2.05, 4.69) is 15.9 Å². The lowest BCUT2D eigenvalue weighted by Crippen LogP contribution is -2.25. The Morgan fingerprint density at radius 3 is 1.45 bits per heavy atom. The molecule has 92 heavy (non-hydrogen) atoms. The Kier molecular flexibility index (Phi) is 31.1. The number of phenolic OH excluding ortho intramolecular Hbond substituents is 1. The highest BCUT2D eigenvalue weighted by molar-refractivity contribution is 9.08. The van der Waals surface area contributed by atoms with Crippen LogP contribution in [-0.2, 0) is 28.0 Å². The lowest BCUT2D eigenvalue weighted by atomic mass is 10.1. The topological polar surface area (TPSA) is 211 Å². The molecule has 22 heteroatoms. The van der Waals surface area contributed by atoms with Crippen molar-refractivity contribution in [3.63, 3.8) is 0 Å². The van der Waals surface area contributed by atoms with Crippen molar-refractivity contribution in [2.45, 2.75) is 75.3 Å². The summed E-state index contributed by atoms with van der Waals surface area (Å²) >= 11 is 3.27. The van der Waals surface area contributed by atoms with E-state index >= 15 is 0 Å². The smallest absolute Gasteiger partial charge is 0.336 e. The van der Waals surface area contributed by atoms with E-state index in [-0.39, 0.29) is 95.4 Å². The van der Waals surface area contributed by atoms with Gasteiger partial charge in [0, 0.05) is 52.3 Å². The Morgan fingerprint density at radius 1 is 0.489 bits per heavy atom. The predicted molar refractivity (Wildman–Crippen MR) is 345 cm³/mol. The van der Waals surface area contributed by atoms with E-state index in [0.29, 0.717) is 98.9 Å². The lowest BCUT2D eigenvalue weighted by Gasteiger charge is -2.18. The zero-order valence-corrected chi connectivity index (χ0v) is 48.5. The molecule has 5 aromatic heterocycles. The normalized spacial score (nSPS) is 10.2. The maximum absolute atomic E-state index is 13.2. The molecule has 0 aliphatic carbocycles. The fraction of sp³-hybridized carbons (Fsp3) is 0.200. The molecule has 0 fully saturated rings. The number of fused-ring (bicyclic) bond motifs is 5. The van der Waals surface area contributed by atoms with Crippen LogP contribution in [0.15, 0.2) is 185 Å². The number of alkyl halides is 1.